The summed E-state index contributed by atoms with van der Waals surface area (Å²) >= 11 is 0.918. The largest absolute Gasteiger partial charge is 0.335 e. The maximum Gasteiger partial charge on any atom is 0.321 e. The Morgan fingerprint density at radius 2 is 1.91 bits per heavy atom. The van der Waals surface area contributed by atoms with Crippen LogP contribution >= 0.6 is 11.8 Å². The lowest BCUT2D eigenvalue weighted by Crippen LogP contribution is -2.45. The number of hydrogen-bond donors (Lipinski definition) is 2. The topological polar surface area (TPSA) is 58.2 Å². The summed E-state index contributed by atoms with van der Waals surface area (Å²) < 4.78 is 26.2. The molecule has 7 heteroatoms. The second-order valence-electron chi connectivity index (χ2n) is 5.22. The lowest BCUT2D eigenvalue weighted by molar-refractivity contribution is -0.117. The molecule has 3 amide bonds. The molecule has 1 fully saturated rings. The number of thioether (sulfide) groups is 1. The van der Waals surface area contributed by atoms with Gasteiger partial charge in [-0.1, -0.05) is 19.3 Å². The Bertz CT molecular complexity index is 548. The summed E-state index contributed by atoms with van der Waals surface area (Å²) in [6.07, 6.45) is 5.20. The van der Waals surface area contributed by atoms with Crippen molar-refractivity contribution in [1.82, 2.24) is 10.6 Å². The molecule has 0 radical (unpaired) electrons. The summed E-state index contributed by atoms with van der Waals surface area (Å²) in [6.45, 7) is 0. The van der Waals surface area contributed by atoms with Gasteiger partial charge in [0.25, 0.3) is 0 Å². The van der Waals surface area contributed by atoms with Crippen LogP contribution in [-0.2, 0) is 4.79 Å². The Hall–Kier alpha value is -1.63. The molecule has 2 rings (SSSR count). The van der Waals surface area contributed by atoms with Gasteiger partial charge in [0, 0.05) is 17.0 Å². The molecule has 1 aromatic rings. The van der Waals surface area contributed by atoms with Gasteiger partial charge in [0.05, 0.1) is 5.75 Å². The number of amides is 3. The first-order valence-corrected chi connectivity index (χ1v) is 8.21. The average molecular weight is 328 g/mol. The molecule has 0 aliphatic heterocycles. The minimum atomic E-state index is -0.718. The van der Waals surface area contributed by atoms with Crippen molar-refractivity contribution in [1.29, 1.82) is 0 Å². The Kier molecular flexibility index (Phi) is 6.18. The Balaban J connectivity index is 1.73. The molecule has 120 valence electrons. The molecule has 1 saturated carbocycles. The van der Waals surface area contributed by atoms with Crippen molar-refractivity contribution in [3.05, 3.63) is 29.8 Å². The summed E-state index contributed by atoms with van der Waals surface area (Å²) in [5, 5.41) is 4.98. The van der Waals surface area contributed by atoms with Crippen molar-refractivity contribution < 1.29 is 18.4 Å². The second-order valence-corrected chi connectivity index (χ2v) is 6.24. The fraction of sp³-hybridized carbons (Fsp3) is 0.467. The maximum atomic E-state index is 13.4. The van der Waals surface area contributed by atoms with Crippen molar-refractivity contribution in [3.63, 3.8) is 0 Å². The molecule has 22 heavy (non-hydrogen) atoms. The molecular formula is C15H18F2N2O2S. The summed E-state index contributed by atoms with van der Waals surface area (Å²) in [5.74, 6) is -2.01. The molecule has 4 nitrogen and oxygen atoms in total. The van der Waals surface area contributed by atoms with E-state index in [1.165, 1.54) is 12.5 Å². The molecule has 0 bridgehead atoms. The molecule has 1 aromatic carbocycles. The van der Waals surface area contributed by atoms with Crippen molar-refractivity contribution >= 4 is 23.7 Å². The van der Waals surface area contributed by atoms with E-state index in [1.54, 1.807) is 0 Å². The van der Waals surface area contributed by atoms with Gasteiger partial charge < -0.3 is 5.32 Å². The normalized spacial score (nSPS) is 15.4. The number of carbonyl (C=O) groups is 2. The fourth-order valence-corrected chi connectivity index (χ4v) is 3.09. The number of imide groups is 1. The molecule has 0 unspecified atom stereocenters. The maximum absolute atomic E-state index is 13.4. The summed E-state index contributed by atoms with van der Waals surface area (Å²) in [5.41, 5.74) is 0. The predicted molar refractivity (Wildman–Crippen MR) is 80.6 cm³/mol. The van der Waals surface area contributed by atoms with Gasteiger partial charge in [-0.3, -0.25) is 10.1 Å². The number of carbonyl (C=O) groups excluding carboxylic acids is 2. The van der Waals surface area contributed by atoms with Crippen molar-refractivity contribution in [2.24, 2.45) is 0 Å². The third kappa shape index (κ3) is 5.29. The number of rotatable bonds is 4. The standard InChI is InChI=1S/C15H18F2N2O2S/c16-10-6-7-13(12(17)8-10)22-9-14(20)19-15(21)18-11-4-2-1-3-5-11/h6-8,11H,1-5,9H2,(H2,18,19,20,21). The SMILES string of the molecule is O=C(CSc1ccc(F)cc1F)NC(=O)NC1CCCCC1. The summed E-state index contributed by atoms with van der Waals surface area (Å²) in [6, 6.07) is 2.75. The monoisotopic (exact) mass is 328 g/mol. The van der Waals surface area contributed by atoms with E-state index in [0.29, 0.717) is 0 Å². The molecule has 0 aromatic heterocycles. The van der Waals surface area contributed by atoms with Crippen LogP contribution in [0.5, 0.6) is 0 Å². The van der Waals surface area contributed by atoms with Gasteiger partial charge in [-0.05, 0) is 25.0 Å². The zero-order chi connectivity index (χ0) is 15.9. The first-order chi connectivity index (χ1) is 10.5. The van der Waals surface area contributed by atoms with Crippen LogP contribution in [0.25, 0.3) is 0 Å². The van der Waals surface area contributed by atoms with E-state index >= 15 is 0 Å². The molecule has 0 heterocycles. The van der Waals surface area contributed by atoms with Crippen LogP contribution in [0.2, 0.25) is 0 Å². The highest BCUT2D eigenvalue weighted by molar-refractivity contribution is 8.00. The minimum Gasteiger partial charge on any atom is -0.335 e. The Morgan fingerprint density at radius 3 is 2.59 bits per heavy atom. The molecule has 2 N–H and O–H groups in total. The number of hydrogen-bond acceptors (Lipinski definition) is 3. The van der Waals surface area contributed by atoms with Gasteiger partial charge in [-0.25, -0.2) is 13.6 Å². The smallest absolute Gasteiger partial charge is 0.321 e. The fourth-order valence-electron chi connectivity index (χ4n) is 2.37. The van der Waals surface area contributed by atoms with Crippen molar-refractivity contribution in [2.45, 2.75) is 43.0 Å². The summed E-state index contributed by atoms with van der Waals surface area (Å²) in [7, 11) is 0. The minimum absolute atomic E-state index is 0.110. The van der Waals surface area contributed by atoms with Crippen molar-refractivity contribution in [3.8, 4) is 0 Å². The summed E-state index contributed by atoms with van der Waals surface area (Å²) in [4.78, 5) is 23.5. The van der Waals surface area contributed by atoms with Gasteiger partial charge in [0.1, 0.15) is 11.6 Å². The van der Waals surface area contributed by atoms with Gasteiger partial charge in [0.2, 0.25) is 5.91 Å². The molecule has 0 saturated heterocycles. The quantitative estimate of drug-likeness (QED) is 0.835. The molecule has 0 atom stereocenters. The van der Waals surface area contributed by atoms with Crippen LogP contribution in [0.15, 0.2) is 23.1 Å². The number of benzene rings is 1. The lowest BCUT2D eigenvalue weighted by Gasteiger charge is -2.22. The van der Waals surface area contributed by atoms with E-state index in [0.717, 1.165) is 49.6 Å². The third-order valence-corrected chi connectivity index (χ3v) is 4.49. The van der Waals surface area contributed by atoms with E-state index in [-0.39, 0.29) is 16.7 Å². The van der Waals surface area contributed by atoms with Crippen LogP contribution in [0, 0.1) is 11.6 Å². The van der Waals surface area contributed by atoms with Crippen LogP contribution in [0.3, 0.4) is 0 Å². The first kappa shape index (κ1) is 16.7. The van der Waals surface area contributed by atoms with E-state index in [9.17, 15) is 18.4 Å². The van der Waals surface area contributed by atoms with Crippen LogP contribution < -0.4 is 10.6 Å². The van der Waals surface area contributed by atoms with Gasteiger partial charge in [-0.15, -0.1) is 11.8 Å². The first-order valence-electron chi connectivity index (χ1n) is 7.23. The number of halogens is 2. The van der Waals surface area contributed by atoms with Crippen molar-refractivity contribution in [2.75, 3.05) is 5.75 Å². The van der Waals surface area contributed by atoms with Crippen LogP contribution in [0.4, 0.5) is 13.6 Å². The third-order valence-electron chi connectivity index (χ3n) is 3.45. The number of urea groups is 1. The van der Waals surface area contributed by atoms with Crippen LogP contribution in [-0.4, -0.2) is 23.7 Å². The molecule has 1 aliphatic carbocycles. The molecule has 0 spiro atoms. The van der Waals surface area contributed by atoms with E-state index in [1.807, 2.05) is 0 Å². The van der Waals surface area contributed by atoms with Crippen LogP contribution in [0.1, 0.15) is 32.1 Å². The lowest BCUT2D eigenvalue weighted by atomic mass is 9.96. The van der Waals surface area contributed by atoms with E-state index in [2.05, 4.69) is 10.6 Å². The number of nitrogens with one attached hydrogen (secondary N) is 2. The Morgan fingerprint density at radius 1 is 1.18 bits per heavy atom. The predicted octanol–water partition coefficient (Wildman–Crippen LogP) is 3.22. The molecule has 1 aliphatic rings. The highest BCUT2D eigenvalue weighted by Crippen LogP contribution is 2.22. The highest BCUT2D eigenvalue weighted by atomic mass is 32.2. The Labute approximate surface area is 132 Å². The second kappa shape index (κ2) is 8.12. The van der Waals surface area contributed by atoms with E-state index in [4.69, 9.17) is 0 Å². The zero-order valence-corrected chi connectivity index (χ0v) is 12.8. The molecular weight excluding hydrogens is 310 g/mol. The highest BCUT2D eigenvalue weighted by Gasteiger charge is 2.17. The zero-order valence-electron chi connectivity index (χ0n) is 12.0. The van der Waals surface area contributed by atoms with Gasteiger partial charge >= 0.3 is 6.03 Å². The van der Waals surface area contributed by atoms with Gasteiger partial charge in [-0.2, -0.15) is 0 Å². The van der Waals surface area contributed by atoms with E-state index < -0.39 is 23.6 Å². The average Bonchev–Trinajstić information content (AvgIpc) is 2.47. The van der Waals surface area contributed by atoms with Gasteiger partial charge in [0.15, 0.2) is 0 Å².